The summed E-state index contributed by atoms with van der Waals surface area (Å²) in [6.45, 7) is 6.08. The van der Waals surface area contributed by atoms with Crippen molar-refractivity contribution in [1.29, 1.82) is 0 Å². The summed E-state index contributed by atoms with van der Waals surface area (Å²) >= 11 is 0. The second kappa shape index (κ2) is 5.12. The summed E-state index contributed by atoms with van der Waals surface area (Å²) in [7, 11) is 0. The molecule has 0 amide bonds. The molecule has 1 atom stereocenters. The molecule has 88 valence electrons. The fraction of sp³-hybridized carbons (Fsp3) is 0.462. The second-order valence-corrected chi connectivity index (χ2v) is 4.90. The molecule has 0 bridgehead atoms. The van der Waals surface area contributed by atoms with Gasteiger partial charge in [0.25, 0.3) is 0 Å². The van der Waals surface area contributed by atoms with Crippen LogP contribution in [0.3, 0.4) is 0 Å². The summed E-state index contributed by atoms with van der Waals surface area (Å²) in [4.78, 5) is 4.31. The number of aliphatic imine (C=N–C) groups is 1. The van der Waals surface area contributed by atoms with Gasteiger partial charge in [-0.25, -0.2) is 0 Å². The smallest absolute Gasteiger partial charge is 0.124 e. The molecular formula is C13H19NO2. The molecular weight excluding hydrogens is 202 g/mol. The normalized spacial score (nSPS) is 14.2. The molecule has 0 aliphatic carbocycles. The Bertz CT molecular complexity index is 366. The molecule has 1 unspecified atom stereocenters. The molecule has 0 spiro atoms. The fourth-order valence-corrected chi connectivity index (χ4v) is 1.31. The molecule has 1 aromatic carbocycles. The highest BCUT2D eigenvalue weighted by molar-refractivity contribution is 5.83. The van der Waals surface area contributed by atoms with Gasteiger partial charge < -0.3 is 10.2 Å². The number of aliphatic hydroxyl groups excluding tert-OH is 1. The van der Waals surface area contributed by atoms with E-state index in [2.05, 4.69) is 4.99 Å². The first-order chi connectivity index (χ1) is 7.45. The number of rotatable bonds is 3. The van der Waals surface area contributed by atoms with Crippen molar-refractivity contribution in [2.75, 3.05) is 6.61 Å². The lowest BCUT2D eigenvalue weighted by atomic mass is 9.88. The first kappa shape index (κ1) is 12.7. The summed E-state index contributed by atoms with van der Waals surface area (Å²) in [5, 5.41) is 18.8. The van der Waals surface area contributed by atoms with Crippen molar-refractivity contribution in [3.05, 3.63) is 29.8 Å². The van der Waals surface area contributed by atoms with E-state index in [4.69, 9.17) is 0 Å². The Morgan fingerprint density at radius 3 is 2.44 bits per heavy atom. The van der Waals surface area contributed by atoms with Crippen LogP contribution in [0.2, 0.25) is 0 Å². The lowest BCUT2D eigenvalue weighted by molar-refractivity contribution is 0.191. The van der Waals surface area contributed by atoms with Crippen LogP contribution >= 0.6 is 0 Å². The van der Waals surface area contributed by atoms with Gasteiger partial charge in [-0.2, -0.15) is 0 Å². The number of hydrogen-bond acceptors (Lipinski definition) is 3. The minimum atomic E-state index is -0.160. The van der Waals surface area contributed by atoms with Crippen LogP contribution in [0.1, 0.15) is 26.3 Å². The second-order valence-electron chi connectivity index (χ2n) is 4.90. The van der Waals surface area contributed by atoms with Crippen LogP contribution in [0.5, 0.6) is 5.75 Å². The van der Waals surface area contributed by atoms with E-state index in [9.17, 15) is 10.2 Å². The van der Waals surface area contributed by atoms with Gasteiger partial charge in [0.2, 0.25) is 0 Å². The summed E-state index contributed by atoms with van der Waals surface area (Å²) in [6, 6.07) is 6.85. The van der Waals surface area contributed by atoms with Crippen molar-refractivity contribution in [2.45, 2.75) is 26.8 Å². The van der Waals surface area contributed by atoms with Crippen molar-refractivity contribution in [3.8, 4) is 5.75 Å². The molecule has 0 radical (unpaired) electrons. The van der Waals surface area contributed by atoms with E-state index < -0.39 is 0 Å². The first-order valence-corrected chi connectivity index (χ1v) is 5.37. The number of phenolic OH excluding ortho intramolecular Hbond substituents is 1. The van der Waals surface area contributed by atoms with E-state index in [0.717, 1.165) is 0 Å². The lowest BCUT2D eigenvalue weighted by Crippen LogP contribution is -2.28. The lowest BCUT2D eigenvalue weighted by Gasteiger charge is -2.25. The van der Waals surface area contributed by atoms with Crippen LogP contribution in [0.15, 0.2) is 29.3 Å². The van der Waals surface area contributed by atoms with Gasteiger partial charge in [0.15, 0.2) is 0 Å². The quantitative estimate of drug-likeness (QED) is 0.769. The Labute approximate surface area is 96.5 Å². The summed E-state index contributed by atoms with van der Waals surface area (Å²) < 4.78 is 0. The number of aliphatic hydroxyl groups is 1. The molecule has 0 heterocycles. The summed E-state index contributed by atoms with van der Waals surface area (Å²) in [5.74, 6) is 0.205. The Balaban J connectivity index is 2.84. The Hall–Kier alpha value is -1.35. The van der Waals surface area contributed by atoms with E-state index in [1.807, 2.05) is 26.8 Å². The van der Waals surface area contributed by atoms with Gasteiger partial charge in [0.05, 0.1) is 12.6 Å². The zero-order valence-electron chi connectivity index (χ0n) is 10.0. The molecule has 1 aromatic rings. The maximum atomic E-state index is 9.55. The maximum Gasteiger partial charge on any atom is 0.124 e. The third kappa shape index (κ3) is 3.35. The van der Waals surface area contributed by atoms with Crippen LogP contribution in [0.25, 0.3) is 0 Å². The summed E-state index contributed by atoms with van der Waals surface area (Å²) in [6.07, 6.45) is 1.61. The van der Waals surface area contributed by atoms with Crippen molar-refractivity contribution >= 4 is 6.21 Å². The molecule has 0 saturated carbocycles. The first-order valence-electron chi connectivity index (χ1n) is 5.37. The fourth-order valence-electron chi connectivity index (χ4n) is 1.31. The SMILES string of the molecule is CC(C)(C)C(CO)N=Cc1ccccc1O. The number of benzene rings is 1. The Kier molecular flexibility index (Phi) is 4.07. The zero-order chi connectivity index (χ0) is 12.2. The largest absolute Gasteiger partial charge is 0.507 e. The topological polar surface area (TPSA) is 52.8 Å². The third-order valence-corrected chi connectivity index (χ3v) is 2.50. The third-order valence-electron chi connectivity index (χ3n) is 2.50. The van der Waals surface area contributed by atoms with Crippen LogP contribution in [0, 0.1) is 5.41 Å². The average molecular weight is 221 g/mol. The highest BCUT2D eigenvalue weighted by atomic mass is 16.3. The average Bonchev–Trinajstić information content (AvgIpc) is 2.19. The van der Waals surface area contributed by atoms with Crippen molar-refractivity contribution in [1.82, 2.24) is 0 Å². The predicted octanol–water partition coefficient (Wildman–Crippen LogP) is 2.22. The summed E-state index contributed by atoms with van der Waals surface area (Å²) in [5.41, 5.74) is 0.584. The number of para-hydroxylation sites is 1. The molecule has 0 aliphatic rings. The monoisotopic (exact) mass is 221 g/mol. The van der Waals surface area contributed by atoms with Crippen LogP contribution in [0.4, 0.5) is 0 Å². The van der Waals surface area contributed by atoms with Crippen LogP contribution < -0.4 is 0 Å². The maximum absolute atomic E-state index is 9.55. The van der Waals surface area contributed by atoms with E-state index in [1.54, 1.807) is 24.4 Å². The molecule has 0 saturated heterocycles. The van der Waals surface area contributed by atoms with Crippen LogP contribution in [-0.2, 0) is 0 Å². The number of nitrogens with zero attached hydrogens (tertiary/aromatic N) is 1. The number of aromatic hydroxyl groups is 1. The standard InChI is InChI=1S/C13H19NO2/c1-13(2,3)12(9-15)14-8-10-6-4-5-7-11(10)16/h4-8,12,15-16H,9H2,1-3H3. The van der Waals surface area contributed by atoms with Gasteiger partial charge in [-0.3, -0.25) is 4.99 Å². The molecule has 0 aliphatic heterocycles. The van der Waals surface area contributed by atoms with Crippen LogP contribution in [-0.4, -0.2) is 29.1 Å². The minimum Gasteiger partial charge on any atom is -0.507 e. The van der Waals surface area contributed by atoms with Crippen molar-refractivity contribution < 1.29 is 10.2 Å². The highest BCUT2D eigenvalue weighted by Gasteiger charge is 2.22. The van der Waals surface area contributed by atoms with E-state index in [-0.39, 0.29) is 23.8 Å². The number of phenols is 1. The molecule has 2 N–H and O–H groups in total. The van der Waals surface area contributed by atoms with Crippen molar-refractivity contribution in [3.63, 3.8) is 0 Å². The van der Waals surface area contributed by atoms with Gasteiger partial charge in [-0.1, -0.05) is 32.9 Å². The van der Waals surface area contributed by atoms with E-state index >= 15 is 0 Å². The highest BCUT2D eigenvalue weighted by Crippen LogP contribution is 2.22. The molecule has 3 heteroatoms. The van der Waals surface area contributed by atoms with Gasteiger partial charge in [-0.05, 0) is 17.5 Å². The molecule has 0 fully saturated rings. The van der Waals surface area contributed by atoms with Crippen molar-refractivity contribution in [2.24, 2.45) is 10.4 Å². The predicted molar refractivity (Wildman–Crippen MR) is 66.0 cm³/mol. The zero-order valence-corrected chi connectivity index (χ0v) is 10.0. The Morgan fingerprint density at radius 2 is 1.94 bits per heavy atom. The number of hydrogen-bond donors (Lipinski definition) is 2. The minimum absolute atomic E-state index is 0.00754. The Morgan fingerprint density at radius 1 is 1.31 bits per heavy atom. The molecule has 1 rings (SSSR count). The molecule has 3 nitrogen and oxygen atoms in total. The van der Waals surface area contributed by atoms with E-state index in [1.165, 1.54) is 0 Å². The van der Waals surface area contributed by atoms with Gasteiger partial charge >= 0.3 is 0 Å². The van der Waals surface area contributed by atoms with Gasteiger partial charge in [-0.15, -0.1) is 0 Å². The van der Waals surface area contributed by atoms with Gasteiger partial charge in [0.1, 0.15) is 5.75 Å². The molecule has 16 heavy (non-hydrogen) atoms. The van der Waals surface area contributed by atoms with E-state index in [0.29, 0.717) is 5.56 Å². The van der Waals surface area contributed by atoms with Gasteiger partial charge in [0, 0.05) is 11.8 Å². The molecule has 0 aromatic heterocycles.